The second-order valence-corrected chi connectivity index (χ2v) is 4.17. The predicted octanol–water partition coefficient (Wildman–Crippen LogP) is 0.409. The molecule has 1 saturated heterocycles. The molecule has 1 amide bonds. The third-order valence-electron chi connectivity index (χ3n) is 3.12. The minimum absolute atomic E-state index is 0.0135. The molecule has 0 spiro atoms. The Bertz CT molecular complexity index is 389. The first kappa shape index (κ1) is 11.1. The standard InChI is InChI=1S/C12H16N2O2/c1-14-11(16)6-10(15)12(14)9-4-2-8(7-13)3-5-9/h2-5,10,12,15H,6-7,13H2,1H3. The number of benzene rings is 1. The Morgan fingerprint density at radius 2 is 2.06 bits per heavy atom. The maximum Gasteiger partial charge on any atom is 0.225 e. The van der Waals surface area contributed by atoms with Crippen molar-refractivity contribution in [3.63, 3.8) is 0 Å². The number of nitrogens with two attached hydrogens (primary N) is 1. The van der Waals surface area contributed by atoms with Gasteiger partial charge in [0, 0.05) is 13.6 Å². The molecule has 0 bridgehead atoms. The number of carbonyl (C=O) groups is 1. The van der Waals surface area contributed by atoms with Gasteiger partial charge in [0.15, 0.2) is 0 Å². The summed E-state index contributed by atoms with van der Waals surface area (Å²) in [5.74, 6) is -0.0135. The quantitative estimate of drug-likeness (QED) is 0.758. The Morgan fingerprint density at radius 1 is 1.44 bits per heavy atom. The zero-order valence-electron chi connectivity index (χ0n) is 9.26. The van der Waals surface area contributed by atoms with Crippen LogP contribution in [0, 0.1) is 0 Å². The van der Waals surface area contributed by atoms with E-state index in [2.05, 4.69) is 0 Å². The minimum Gasteiger partial charge on any atom is -0.390 e. The number of hydrogen-bond acceptors (Lipinski definition) is 3. The number of aliphatic hydroxyl groups excluding tert-OH is 1. The van der Waals surface area contributed by atoms with Crippen LogP contribution in [0.1, 0.15) is 23.6 Å². The Balaban J connectivity index is 2.26. The lowest BCUT2D eigenvalue weighted by Gasteiger charge is -2.22. The molecule has 2 rings (SSSR count). The maximum atomic E-state index is 11.4. The van der Waals surface area contributed by atoms with E-state index in [1.807, 2.05) is 24.3 Å². The smallest absolute Gasteiger partial charge is 0.225 e. The van der Waals surface area contributed by atoms with E-state index in [-0.39, 0.29) is 18.4 Å². The van der Waals surface area contributed by atoms with Crippen molar-refractivity contribution in [1.82, 2.24) is 4.90 Å². The van der Waals surface area contributed by atoms with Gasteiger partial charge < -0.3 is 15.7 Å². The average molecular weight is 220 g/mol. The van der Waals surface area contributed by atoms with Crippen LogP contribution in [-0.4, -0.2) is 29.1 Å². The monoisotopic (exact) mass is 220 g/mol. The van der Waals surface area contributed by atoms with Crippen LogP contribution >= 0.6 is 0 Å². The molecule has 4 heteroatoms. The van der Waals surface area contributed by atoms with Crippen molar-refractivity contribution in [2.75, 3.05) is 7.05 Å². The van der Waals surface area contributed by atoms with Crippen molar-refractivity contribution in [2.45, 2.75) is 25.1 Å². The summed E-state index contributed by atoms with van der Waals surface area (Å²) in [4.78, 5) is 13.0. The predicted molar refractivity (Wildman–Crippen MR) is 60.5 cm³/mol. The lowest BCUT2D eigenvalue weighted by Crippen LogP contribution is -2.25. The van der Waals surface area contributed by atoms with Crippen molar-refractivity contribution in [2.24, 2.45) is 5.73 Å². The SMILES string of the molecule is CN1C(=O)CC(O)C1c1ccc(CN)cc1. The highest BCUT2D eigenvalue weighted by Gasteiger charge is 2.36. The molecule has 0 aromatic heterocycles. The van der Waals surface area contributed by atoms with Crippen LogP contribution in [0.25, 0.3) is 0 Å². The minimum atomic E-state index is -0.610. The fourth-order valence-corrected chi connectivity index (χ4v) is 2.14. The summed E-state index contributed by atoms with van der Waals surface area (Å²) in [6, 6.07) is 7.48. The zero-order chi connectivity index (χ0) is 11.7. The van der Waals surface area contributed by atoms with Crippen LogP contribution in [0.5, 0.6) is 0 Å². The number of aliphatic hydroxyl groups is 1. The molecule has 1 aliphatic heterocycles. The zero-order valence-corrected chi connectivity index (χ0v) is 9.26. The van der Waals surface area contributed by atoms with Crippen molar-refractivity contribution in [3.8, 4) is 0 Å². The number of amides is 1. The van der Waals surface area contributed by atoms with E-state index < -0.39 is 6.10 Å². The van der Waals surface area contributed by atoms with Gasteiger partial charge in [-0.3, -0.25) is 4.79 Å². The Hall–Kier alpha value is -1.39. The molecule has 4 nitrogen and oxygen atoms in total. The third-order valence-corrected chi connectivity index (χ3v) is 3.12. The molecule has 1 fully saturated rings. The molecule has 2 atom stereocenters. The van der Waals surface area contributed by atoms with Crippen LogP contribution in [0.15, 0.2) is 24.3 Å². The summed E-state index contributed by atoms with van der Waals surface area (Å²) in [7, 11) is 1.72. The number of nitrogens with zero attached hydrogens (tertiary/aromatic N) is 1. The molecule has 86 valence electrons. The van der Waals surface area contributed by atoms with Gasteiger partial charge in [-0.15, -0.1) is 0 Å². The van der Waals surface area contributed by atoms with Gasteiger partial charge in [0.1, 0.15) is 0 Å². The molecule has 16 heavy (non-hydrogen) atoms. The molecule has 0 saturated carbocycles. The van der Waals surface area contributed by atoms with E-state index in [4.69, 9.17) is 5.73 Å². The van der Waals surface area contributed by atoms with Gasteiger partial charge in [-0.25, -0.2) is 0 Å². The van der Waals surface area contributed by atoms with E-state index in [0.29, 0.717) is 6.54 Å². The van der Waals surface area contributed by atoms with Crippen LogP contribution < -0.4 is 5.73 Å². The highest BCUT2D eigenvalue weighted by Crippen LogP contribution is 2.31. The molecule has 3 N–H and O–H groups in total. The highest BCUT2D eigenvalue weighted by molar-refractivity contribution is 5.79. The third kappa shape index (κ3) is 1.81. The van der Waals surface area contributed by atoms with Gasteiger partial charge in [0.25, 0.3) is 0 Å². The second kappa shape index (κ2) is 4.23. The lowest BCUT2D eigenvalue weighted by atomic mass is 10.0. The molecule has 0 aliphatic carbocycles. The van der Waals surface area contributed by atoms with Crippen LogP contribution in [-0.2, 0) is 11.3 Å². The molecule has 1 aliphatic rings. The molecular weight excluding hydrogens is 204 g/mol. The van der Waals surface area contributed by atoms with Crippen LogP contribution in [0.2, 0.25) is 0 Å². The molecular formula is C12H16N2O2. The number of likely N-dealkylation sites (N-methyl/N-ethyl adjacent to an activating group) is 1. The molecule has 2 unspecified atom stereocenters. The summed E-state index contributed by atoms with van der Waals surface area (Å²) < 4.78 is 0. The largest absolute Gasteiger partial charge is 0.390 e. The van der Waals surface area contributed by atoms with Gasteiger partial charge in [-0.05, 0) is 11.1 Å². The fraction of sp³-hybridized carbons (Fsp3) is 0.417. The van der Waals surface area contributed by atoms with E-state index in [1.165, 1.54) is 0 Å². The molecule has 1 heterocycles. The van der Waals surface area contributed by atoms with Gasteiger partial charge in [-0.1, -0.05) is 24.3 Å². The molecule has 1 aromatic rings. The maximum absolute atomic E-state index is 11.4. The number of carbonyl (C=O) groups excluding carboxylic acids is 1. The Kier molecular flexibility index (Phi) is 2.94. The summed E-state index contributed by atoms with van der Waals surface area (Å²) in [6.07, 6.45) is -0.402. The molecule has 0 radical (unpaired) electrons. The van der Waals surface area contributed by atoms with E-state index in [0.717, 1.165) is 11.1 Å². The topological polar surface area (TPSA) is 66.6 Å². The summed E-state index contributed by atoms with van der Waals surface area (Å²) >= 11 is 0. The van der Waals surface area contributed by atoms with Crippen LogP contribution in [0.4, 0.5) is 0 Å². The Labute approximate surface area is 94.7 Å². The molecule has 1 aromatic carbocycles. The van der Waals surface area contributed by atoms with E-state index >= 15 is 0 Å². The second-order valence-electron chi connectivity index (χ2n) is 4.17. The first-order valence-corrected chi connectivity index (χ1v) is 5.36. The number of rotatable bonds is 2. The van der Waals surface area contributed by atoms with Gasteiger partial charge >= 0.3 is 0 Å². The lowest BCUT2D eigenvalue weighted by molar-refractivity contribution is -0.127. The first-order chi connectivity index (χ1) is 7.63. The van der Waals surface area contributed by atoms with Gasteiger partial charge in [0.2, 0.25) is 5.91 Å². The summed E-state index contributed by atoms with van der Waals surface area (Å²) in [5.41, 5.74) is 7.52. The number of likely N-dealkylation sites (tertiary alicyclic amines) is 1. The highest BCUT2D eigenvalue weighted by atomic mass is 16.3. The fourth-order valence-electron chi connectivity index (χ4n) is 2.14. The van der Waals surface area contributed by atoms with E-state index in [9.17, 15) is 9.90 Å². The van der Waals surface area contributed by atoms with Crippen molar-refractivity contribution in [1.29, 1.82) is 0 Å². The van der Waals surface area contributed by atoms with Crippen molar-refractivity contribution in [3.05, 3.63) is 35.4 Å². The number of hydrogen-bond donors (Lipinski definition) is 2. The summed E-state index contributed by atoms with van der Waals surface area (Å²) in [6.45, 7) is 0.502. The average Bonchev–Trinajstić information content (AvgIpc) is 2.54. The van der Waals surface area contributed by atoms with Crippen molar-refractivity contribution >= 4 is 5.91 Å². The van der Waals surface area contributed by atoms with Crippen molar-refractivity contribution < 1.29 is 9.90 Å². The Morgan fingerprint density at radius 3 is 2.50 bits per heavy atom. The summed E-state index contributed by atoms with van der Waals surface area (Å²) in [5, 5.41) is 9.82. The van der Waals surface area contributed by atoms with Gasteiger partial charge in [0.05, 0.1) is 18.6 Å². The van der Waals surface area contributed by atoms with Gasteiger partial charge in [-0.2, -0.15) is 0 Å². The normalized spacial score (nSPS) is 25.2. The van der Waals surface area contributed by atoms with E-state index in [1.54, 1.807) is 11.9 Å². The van der Waals surface area contributed by atoms with Crippen LogP contribution in [0.3, 0.4) is 0 Å². The first-order valence-electron chi connectivity index (χ1n) is 5.36.